The highest BCUT2D eigenvalue weighted by atomic mass is 16.5. The molecule has 0 radical (unpaired) electrons. The van der Waals surface area contributed by atoms with E-state index in [1.54, 1.807) is 0 Å². The van der Waals surface area contributed by atoms with Gasteiger partial charge < -0.3 is 9.53 Å². The molecular formula is C35H49NO4. The van der Waals surface area contributed by atoms with E-state index in [4.69, 9.17) is 11.3 Å². The van der Waals surface area contributed by atoms with Crippen LogP contribution in [0.1, 0.15) is 113 Å². The van der Waals surface area contributed by atoms with Crippen LogP contribution in [0.15, 0.2) is 23.4 Å². The molecular weight excluding hydrogens is 498 g/mol. The van der Waals surface area contributed by atoms with Gasteiger partial charge in [-0.3, -0.25) is 9.59 Å². The summed E-state index contributed by atoms with van der Waals surface area (Å²) in [6.45, 7) is 25.7. The van der Waals surface area contributed by atoms with E-state index in [0.717, 1.165) is 56.9 Å². The van der Waals surface area contributed by atoms with Gasteiger partial charge in [-0.1, -0.05) is 60.1 Å². The topological polar surface area (TPSA) is 64.8 Å². The monoisotopic (exact) mass is 547 g/mol. The number of hydrogen-bond acceptors (Lipinski definition) is 4. The summed E-state index contributed by atoms with van der Waals surface area (Å²) in [5, 5.41) is 0. The number of carbonyl (C=O) groups excluding carboxylic acids is 3. The van der Waals surface area contributed by atoms with Crippen molar-refractivity contribution in [2.24, 2.45) is 50.2 Å². The molecule has 0 N–H and O–H groups in total. The SMILES string of the molecule is [C-]#[N+]C1=C[C@]2(C)C3=CC(=O)[C@@H]4[C@@H]5CC(C)(C)CC[C@]5(CCC(=O)OCC)CC[C@@]4(C)[C@]3(C)CC[C@H]2C(C)(C)C1=O. The average molecular weight is 548 g/mol. The zero-order valence-corrected chi connectivity index (χ0v) is 26.0. The maximum atomic E-state index is 14.6. The summed E-state index contributed by atoms with van der Waals surface area (Å²) in [7, 11) is 0. The molecule has 0 unspecified atom stereocenters. The quantitative estimate of drug-likeness (QED) is 0.265. The molecule has 218 valence electrons. The van der Waals surface area contributed by atoms with Gasteiger partial charge in [0.15, 0.2) is 11.6 Å². The summed E-state index contributed by atoms with van der Waals surface area (Å²) in [6, 6.07) is 0. The van der Waals surface area contributed by atoms with Crippen molar-refractivity contribution in [3.63, 3.8) is 0 Å². The van der Waals surface area contributed by atoms with Gasteiger partial charge in [-0.25, -0.2) is 4.85 Å². The molecule has 0 aromatic rings. The first kappa shape index (κ1) is 29.3. The Morgan fingerprint density at radius 3 is 2.35 bits per heavy atom. The minimum absolute atomic E-state index is 0.0126. The number of rotatable bonds is 4. The van der Waals surface area contributed by atoms with Gasteiger partial charge in [0.25, 0.3) is 0 Å². The van der Waals surface area contributed by atoms with Crippen molar-refractivity contribution in [3.05, 3.63) is 34.8 Å². The second-order valence-corrected chi connectivity index (χ2v) is 15.9. The molecule has 0 bridgehead atoms. The molecule has 3 fully saturated rings. The van der Waals surface area contributed by atoms with Crippen LogP contribution in [0.3, 0.4) is 0 Å². The van der Waals surface area contributed by atoms with E-state index in [-0.39, 0.29) is 62.6 Å². The number of esters is 1. The predicted octanol–water partition coefficient (Wildman–Crippen LogP) is 7.90. The predicted molar refractivity (Wildman–Crippen MR) is 156 cm³/mol. The molecule has 5 nitrogen and oxygen atoms in total. The third kappa shape index (κ3) is 3.87. The van der Waals surface area contributed by atoms with Crippen LogP contribution in [0.5, 0.6) is 0 Å². The molecule has 5 aliphatic rings. The number of fused-ring (bicyclic) bond motifs is 7. The molecule has 5 aliphatic carbocycles. The average Bonchev–Trinajstić information content (AvgIpc) is 2.87. The first-order valence-electron chi connectivity index (χ1n) is 15.6. The standard InChI is InChI=1S/C35H49NO4/c1-10-40-27(38)12-14-35-17-15-30(2,3)20-22(35)28-24(37)19-26-32(6)21-23(36-9)29(39)31(4,5)25(32)11-13-33(26,7)34(28,8)16-18-35/h19,21-22,25,28H,10-18,20H2,1-8H3/t22-,25-,28-,32-,33+,34+,35+/m0/s1. The number of carbonyl (C=O) groups is 3. The molecule has 0 aliphatic heterocycles. The first-order chi connectivity index (χ1) is 18.5. The Kier molecular flexibility index (Phi) is 6.69. The van der Waals surface area contributed by atoms with E-state index < -0.39 is 10.8 Å². The summed E-state index contributed by atoms with van der Waals surface area (Å²) in [4.78, 5) is 44.0. The summed E-state index contributed by atoms with van der Waals surface area (Å²) in [5.74, 6) is 0.253. The second kappa shape index (κ2) is 9.14. The minimum Gasteiger partial charge on any atom is -0.466 e. The van der Waals surface area contributed by atoms with Gasteiger partial charge in [-0.2, -0.15) is 0 Å². The van der Waals surface area contributed by atoms with Gasteiger partial charge in [0, 0.05) is 23.2 Å². The number of Topliss-reactive ketones (excluding diaryl/α,β-unsaturated/α-hetero) is 1. The van der Waals surface area contributed by atoms with Crippen molar-refractivity contribution >= 4 is 17.5 Å². The normalized spacial score (nSPS) is 43.1. The fourth-order valence-electron chi connectivity index (χ4n) is 10.7. The van der Waals surface area contributed by atoms with Crippen molar-refractivity contribution in [1.29, 1.82) is 0 Å². The minimum atomic E-state index is -0.644. The summed E-state index contributed by atoms with van der Waals surface area (Å²) in [5.41, 5.74) is -0.0441. The van der Waals surface area contributed by atoms with Crippen molar-refractivity contribution in [2.45, 2.75) is 113 Å². The highest BCUT2D eigenvalue weighted by Gasteiger charge is 2.69. The van der Waals surface area contributed by atoms with Gasteiger partial charge in [-0.05, 0) is 97.9 Å². The van der Waals surface area contributed by atoms with Crippen LogP contribution < -0.4 is 0 Å². The lowest BCUT2D eigenvalue weighted by Crippen LogP contribution is -2.64. The fraction of sp³-hybridized carbons (Fsp3) is 0.771. The number of ether oxygens (including phenoxy) is 1. The lowest BCUT2D eigenvalue weighted by molar-refractivity contribution is -0.173. The Hall–Kier alpha value is -2.22. The number of hydrogen-bond donors (Lipinski definition) is 0. The molecule has 5 rings (SSSR count). The zero-order chi connectivity index (χ0) is 29.5. The van der Waals surface area contributed by atoms with Gasteiger partial charge in [-0.15, -0.1) is 0 Å². The molecule has 0 saturated heterocycles. The van der Waals surface area contributed by atoms with Gasteiger partial charge in [0.1, 0.15) is 0 Å². The highest BCUT2D eigenvalue weighted by Crippen LogP contribution is 2.75. The number of allylic oxidation sites excluding steroid dienone is 4. The van der Waals surface area contributed by atoms with Crippen LogP contribution >= 0.6 is 0 Å². The van der Waals surface area contributed by atoms with Crippen molar-refractivity contribution in [3.8, 4) is 0 Å². The van der Waals surface area contributed by atoms with Crippen LogP contribution in [0.4, 0.5) is 0 Å². The van der Waals surface area contributed by atoms with E-state index in [1.165, 1.54) is 0 Å². The number of nitrogens with zero attached hydrogens (tertiary/aromatic N) is 1. The van der Waals surface area contributed by atoms with Gasteiger partial charge in [0.2, 0.25) is 5.70 Å². The van der Waals surface area contributed by atoms with Gasteiger partial charge >= 0.3 is 5.97 Å². The van der Waals surface area contributed by atoms with Crippen molar-refractivity contribution in [1.82, 2.24) is 0 Å². The number of ketones is 2. The molecule has 0 spiro atoms. The van der Waals surface area contributed by atoms with Crippen LogP contribution in [-0.2, 0) is 19.1 Å². The van der Waals surface area contributed by atoms with Crippen LogP contribution in [0.2, 0.25) is 0 Å². The molecule has 0 aromatic heterocycles. The van der Waals surface area contributed by atoms with Crippen LogP contribution in [0, 0.1) is 56.8 Å². The molecule has 0 heterocycles. The van der Waals surface area contributed by atoms with E-state index >= 15 is 0 Å². The van der Waals surface area contributed by atoms with Crippen molar-refractivity contribution in [2.75, 3.05) is 6.61 Å². The Labute approximate surface area is 241 Å². The van der Waals surface area contributed by atoms with E-state index in [2.05, 4.69) is 39.5 Å². The summed E-state index contributed by atoms with van der Waals surface area (Å²) in [6.07, 6.45) is 12.2. The molecule has 40 heavy (non-hydrogen) atoms. The molecule has 3 saturated carbocycles. The maximum Gasteiger partial charge on any atom is 0.305 e. The van der Waals surface area contributed by atoms with Crippen LogP contribution in [0.25, 0.3) is 4.85 Å². The second-order valence-electron chi connectivity index (χ2n) is 15.9. The lowest BCUT2D eigenvalue weighted by Gasteiger charge is -2.69. The van der Waals surface area contributed by atoms with Crippen molar-refractivity contribution < 1.29 is 19.1 Å². The van der Waals surface area contributed by atoms with E-state index in [9.17, 15) is 14.4 Å². The van der Waals surface area contributed by atoms with E-state index in [1.807, 2.05) is 32.9 Å². The maximum absolute atomic E-state index is 14.6. The Morgan fingerprint density at radius 2 is 1.70 bits per heavy atom. The van der Waals surface area contributed by atoms with E-state index in [0.29, 0.717) is 13.0 Å². The Balaban J connectivity index is 1.62. The highest BCUT2D eigenvalue weighted by molar-refractivity contribution is 6.03. The molecule has 0 aromatic carbocycles. The molecule has 7 atom stereocenters. The first-order valence-corrected chi connectivity index (χ1v) is 15.6. The van der Waals surface area contributed by atoms with Gasteiger partial charge in [0.05, 0.1) is 13.2 Å². The Bertz CT molecular complexity index is 1250. The Morgan fingerprint density at radius 1 is 1.02 bits per heavy atom. The molecule has 5 heteroatoms. The molecule has 0 amide bonds. The van der Waals surface area contributed by atoms with Crippen LogP contribution in [-0.4, -0.2) is 24.1 Å². The third-order valence-electron chi connectivity index (χ3n) is 13.2. The fourth-order valence-corrected chi connectivity index (χ4v) is 10.7. The lowest BCUT2D eigenvalue weighted by atomic mass is 9.34. The summed E-state index contributed by atoms with van der Waals surface area (Å²) >= 11 is 0. The largest absolute Gasteiger partial charge is 0.466 e. The smallest absolute Gasteiger partial charge is 0.305 e. The zero-order valence-electron chi connectivity index (χ0n) is 26.0. The summed E-state index contributed by atoms with van der Waals surface area (Å²) < 4.78 is 5.32. The third-order valence-corrected chi connectivity index (χ3v) is 13.2.